The zero-order valence-electron chi connectivity index (χ0n) is 10.5. The maximum atomic E-state index is 12.0. The minimum atomic E-state index is -3.61. The molecule has 0 saturated carbocycles. The molecule has 0 bridgehead atoms. The summed E-state index contributed by atoms with van der Waals surface area (Å²) in [5.41, 5.74) is 5.43. The zero-order valence-corrected chi connectivity index (χ0v) is 12.1. The molecule has 0 saturated heterocycles. The predicted octanol–water partition coefficient (Wildman–Crippen LogP) is 0.546. The number of hydrogen-bond acceptors (Lipinski definition) is 5. The van der Waals surface area contributed by atoms with E-state index in [1.54, 1.807) is 0 Å². The third kappa shape index (κ3) is 3.81. The van der Waals surface area contributed by atoms with Crippen LogP contribution in [0, 0.1) is 0 Å². The molecule has 0 spiro atoms. The number of pyridine rings is 1. The van der Waals surface area contributed by atoms with Crippen LogP contribution in [0.4, 0.5) is 5.82 Å². The van der Waals surface area contributed by atoms with Crippen molar-refractivity contribution in [1.82, 2.24) is 14.6 Å². The van der Waals surface area contributed by atoms with Crippen molar-refractivity contribution in [3.05, 3.63) is 17.3 Å². The van der Waals surface area contributed by atoms with Crippen LogP contribution in [0.2, 0.25) is 5.02 Å². The van der Waals surface area contributed by atoms with E-state index in [1.807, 2.05) is 25.9 Å². The Bertz CT molecular complexity index is 519. The Hall–Kier alpha value is -0.890. The molecule has 1 heterocycles. The highest BCUT2D eigenvalue weighted by Crippen LogP contribution is 2.19. The van der Waals surface area contributed by atoms with Gasteiger partial charge in [0.25, 0.3) is 0 Å². The van der Waals surface area contributed by atoms with Crippen molar-refractivity contribution in [1.29, 1.82) is 0 Å². The summed E-state index contributed by atoms with van der Waals surface area (Å²) in [7, 11) is 0.144. The highest BCUT2D eigenvalue weighted by molar-refractivity contribution is 7.89. The standard InChI is InChI=1S/C10H17ClN4O2S/c1-7(15(2)3)5-14-18(16,17)8-4-9(11)10(12)13-6-8/h4,6-7,14H,5H2,1-3H3,(H2,12,13). The van der Waals surface area contributed by atoms with Crippen molar-refractivity contribution >= 4 is 27.4 Å². The lowest BCUT2D eigenvalue weighted by Crippen LogP contribution is -2.38. The van der Waals surface area contributed by atoms with Gasteiger partial charge in [-0.05, 0) is 27.1 Å². The van der Waals surface area contributed by atoms with Gasteiger partial charge in [0.15, 0.2) is 0 Å². The van der Waals surface area contributed by atoms with Gasteiger partial charge < -0.3 is 10.6 Å². The monoisotopic (exact) mass is 292 g/mol. The van der Waals surface area contributed by atoms with E-state index in [0.717, 1.165) is 0 Å². The second kappa shape index (κ2) is 5.83. The summed E-state index contributed by atoms with van der Waals surface area (Å²) >= 11 is 5.75. The number of nitrogen functional groups attached to an aromatic ring is 1. The number of rotatable bonds is 5. The van der Waals surface area contributed by atoms with E-state index < -0.39 is 10.0 Å². The Labute approximate surface area is 112 Å². The maximum Gasteiger partial charge on any atom is 0.242 e. The SMILES string of the molecule is CC(CNS(=O)(=O)c1cnc(N)c(Cl)c1)N(C)C. The van der Waals surface area contributed by atoms with Crippen LogP contribution in [0.25, 0.3) is 0 Å². The molecule has 8 heteroatoms. The van der Waals surface area contributed by atoms with Crippen molar-refractivity contribution in [3.8, 4) is 0 Å². The van der Waals surface area contributed by atoms with Gasteiger partial charge in [0, 0.05) is 18.8 Å². The largest absolute Gasteiger partial charge is 0.382 e. The highest BCUT2D eigenvalue weighted by atomic mass is 35.5. The fourth-order valence-corrected chi connectivity index (χ4v) is 2.40. The predicted molar refractivity (Wildman–Crippen MR) is 72.0 cm³/mol. The number of hydrogen-bond donors (Lipinski definition) is 2. The van der Waals surface area contributed by atoms with Gasteiger partial charge in [-0.15, -0.1) is 0 Å². The molecule has 102 valence electrons. The van der Waals surface area contributed by atoms with Gasteiger partial charge >= 0.3 is 0 Å². The molecule has 0 radical (unpaired) electrons. The van der Waals surface area contributed by atoms with Crippen molar-refractivity contribution in [2.45, 2.75) is 17.9 Å². The molecule has 0 aliphatic carbocycles. The van der Waals surface area contributed by atoms with Crippen molar-refractivity contribution in [2.24, 2.45) is 0 Å². The van der Waals surface area contributed by atoms with Gasteiger partial charge in [-0.25, -0.2) is 18.1 Å². The fourth-order valence-electron chi connectivity index (χ4n) is 1.07. The minimum absolute atomic E-state index is 0.00709. The number of aromatic nitrogens is 1. The fraction of sp³-hybridized carbons (Fsp3) is 0.500. The second-order valence-electron chi connectivity index (χ2n) is 4.20. The average Bonchev–Trinajstić information content (AvgIpc) is 2.29. The normalized spacial score (nSPS) is 13.8. The number of anilines is 1. The Morgan fingerprint density at radius 1 is 1.56 bits per heavy atom. The lowest BCUT2D eigenvalue weighted by atomic mass is 10.3. The van der Waals surface area contributed by atoms with Crippen LogP contribution in [-0.4, -0.2) is 45.0 Å². The number of sulfonamides is 1. The molecule has 1 aromatic rings. The van der Waals surface area contributed by atoms with Crippen LogP contribution in [-0.2, 0) is 10.0 Å². The van der Waals surface area contributed by atoms with E-state index in [4.69, 9.17) is 17.3 Å². The van der Waals surface area contributed by atoms with Crippen LogP contribution in [0.15, 0.2) is 17.2 Å². The first-order valence-electron chi connectivity index (χ1n) is 5.31. The minimum Gasteiger partial charge on any atom is -0.382 e. The number of likely N-dealkylation sites (N-methyl/N-ethyl adjacent to an activating group) is 1. The molecule has 3 N–H and O–H groups in total. The van der Waals surface area contributed by atoms with Gasteiger partial charge in [0.2, 0.25) is 10.0 Å². The zero-order chi connectivity index (χ0) is 13.9. The van der Waals surface area contributed by atoms with Gasteiger partial charge in [0.05, 0.1) is 5.02 Å². The van der Waals surface area contributed by atoms with E-state index in [-0.39, 0.29) is 21.8 Å². The number of nitrogens with zero attached hydrogens (tertiary/aromatic N) is 2. The van der Waals surface area contributed by atoms with E-state index in [2.05, 4.69) is 9.71 Å². The summed E-state index contributed by atoms with van der Waals surface area (Å²) in [6.45, 7) is 2.22. The second-order valence-corrected chi connectivity index (χ2v) is 6.38. The van der Waals surface area contributed by atoms with Gasteiger partial charge in [-0.3, -0.25) is 0 Å². The summed E-state index contributed by atoms with van der Waals surface area (Å²) in [4.78, 5) is 5.64. The Morgan fingerprint density at radius 2 is 2.17 bits per heavy atom. The lowest BCUT2D eigenvalue weighted by molar-refractivity contribution is 0.314. The summed E-state index contributed by atoms with van der Waals surface area (Å²) in [6, 6.07) is 1.36. The molecule has 0 aliphatic rings. The quantitative estimate of drug-likeness (QED) is 0.827. The number of halogens is 1. The molecule has 0 aromatic carbocycles. The van der Waals surface area contributed by atoms with E-state index >= 15 is 0 Å². The van der Waals surface area contributed by atoms with E-state index in [0.29, 0.717) is 6.54 Å². The molecule has 1 atom stereocenters. The lowest BCUT2D eigenvalue weighted by Gasteiger charge is -2.19. The van der Waals surface area contributed by atoms with E-state index in [1.165, 1.54) is 12.3 Å². The van der Waals surface area contributed by atoms with E-state index in [9.17, 15) is 8.42 Å². The molecule has 1 unspecified atom stereocenters. The first kappa shape index (κ1) is 15.2. The molecule has 18 heavy (non-hydrogen) atoms. The summed E-state index contributed by atoms with van der Waals surface area (Å²) in [5, 5.41) is 0.124. The van der Waals surface area contributed by atoms with Crippen molar-refractivity contribution in [2.75, 3.05) is 26.4 Å². The molecular weight excluding hydrogens is 276 g/mol. The molecule has 6 nitrogen and oxygen atoms in total. The molecule has 1 aromatic heterocycles. The smallest absolute Gasteiger partial charge is 0.242 e. The van der Waals surface area contributed by atoms with Gasteiger partial charge in [0.1, 0.15) is 10.7 Å². The van der Waals surface area contributed by atoms with Crippen LogP contribution in [0.1, 0.15) is 6.92 Å². The van der Waals surface area contributed by atoms with Crippen molar-refractivity contribution in [3.63, 3.8) is 0 Å². The number of nitrogens with one attached hydrogen (secondary N) is 1. The maximum absolute atomic E-state index is 12.0. The Kier molecular flexibility index (Phi) is 4.92. The average molecular weight is 293 g/mol. The molecule has 0 aliphatic heterocycles. The van der Waals surface area contributed by atoms with Crippen LogP contribution in [0.5, 0.6) is 0 Å². The molecule has 0 amide bonds. The van der Waals surface area contributed by atoms with Gasteiger partial charge in [-0.1, -0.05) is 11.6 Å². The van der Waals surface area contributed by atoms with Crippen molar-refractivity contribution < 1.29 is 8.42 Å². The summed E-state index contributed by atoms with van der Waals surface area (Å²) < 4.78 is 26.4. The summed E-state index contributed by atoms with van der Waals surface area (Å²) in [5.74, 6) is 0.109. The highest BCUT2D eigenvalue weighted by Gasteiger charge is 2.17. The first-order chi connectivity index (χ1) is 8.24. The summed E-state index contributed by atoms with van der Waals surface area (Å²) in [6.07, 6.45) is 1.18. The molecule has 1 rings (SSSR count). The third-order valence-corrected chi connectivity index (χ3v) is 4.30. The van der Waals surface area contributed by atoms with Gasteiger partial charge in [-0.2, -0.15) is 0 Å². The molecular formula is C10H17ClN4O2S. The van der Waals surface area contributed by atoms with Crippen LogP contribution >= 0.6 is 11.6 Å². The van der Waals surface area contributed by atoms with Crippen LogP contribution < -0.4 is 10.5 Å². The number of nitrogens with two attached hydrogens (primary N) is 1. The Balaban J connectivity index is 2.83. The Morgan fingerprint density at radius 3 is 2.67 bits per heavy atom. The topological polar surface area (TPSA) is 88.3 Å². The molecule has 0 fully saturated rings. The third-order valence-electron chi connectivity index (χ3n) is 2.61. The first-order valence-corrected chi connectivity index (χ1v) is 7.17. The van der Waals surface area contributed by atoms with Crippen LogP contribution in [0.3, 0.4) is 0 Å².